The number of benzene rings is 3. The van der Waals surface area contributed by atoms with E-state index in [2.05, 4.69) is 43.3 Å². The second kappa shape index (κ2) is 8.87. The van der Waals surface area contributed by atoms with Gasteiger partial charge < -0.3 is 0 Å². The second-order valence-electron chi connectivity index (χ2n) is 9.71. The smallest absolute Gasteiger partial charge is 0.138 e. The minimum atomic E-state index is 0.0252. The number of fused-ring (bicyclic) bond motifs is 5. The fourth-order valence-corrected chi connectivity index (χ4v) is 5.94. The highest BCUT2D eigenvalue weighted by molar-refractivity contribution is 6.11. The van der Waals surface area contributed by atoms with Gasteiger partial charge in [0.2, 0.25) is 0 Å². The summed E-state index contributed by atoms with van der Waals surface area (Å²) in [5.41, 5.74) is 10.8. The van der Waals surface area contributed by atoms with Crippen molar-refractivity contribution in [2.75, 3.05) is 0 Å². The Labute approximate surface area is 226 Å². The molecule has 0 radical (unpaired) electrons. The molecule has 0 aromatic heterocycles. The highest BCUT2D eigenvalue weighted by Gasteiger charge is 2.36. The zero-order valence-electron chi connectivity index (χ0n) is 20.9. The van der Waals surface area contributed by atoms with Crippen LogP contribution in [0.15, 0.2) is 83.5 Å². The fraction of sp³-hybridized carbons (Fsp3) is 0.0882. The molecule has 178 valence electrons. The van der Waals surface area contributed by atoms with Crippen molar-refractivity contribution in [3.63, 3.8) is 0 Å². The van der Waals surface area contributed by atoms with Gasteiger partial charge in [-0.25, -0.2) is 0 Å². The lowest BCUT2D eigenvalue weighted by Crippen LogP contribution is -2.03. The van der Waals surface area contributed by atoms with Crippen molar-refractivity contribution in [3.05, 3.63) is 111 Å². The first-order chi connectivity index (χ1) is 19.0. The van der Waals surface area contributed by atoms with Crippen LogP contribution in [0.3, 0.4) is 0 Å². The second-order valence-corrected chi connectivity index (χ2v) is 9.71. The van der Waals surface area contributed by atoms with Crippen molar-refractivity contribution in [1.82, 2.24) is 0 Å². The van der Waals surface area contributed by atoms with Gasteiger partial charge in [0.1, 0.15) is 35.4 Å². The topological polar surface area (TPSA) is 119 Å². The van der Waals surface area contributed by atoms with Crippen molar-refractivity contribution in [2.24, 2.45) is 5.92 Å². The summed E-state index contributed by atoms with van der Waals surface area (Å²) in [7, 11) is 0. The zero-order chi connectivity index (χ0) is 27.3. The summed E-state index contributed by atoms with van der Waals surface area (Å²) < 4.78 is 0. The van der Waals surface area contributed by atoms with Crippen LogP contribution in [0, 0.1) is 62.6 Å². The van der Waals surface area contributed by atoms with Crippen LogP contribution in [0.25, 0.3) is 39.0 Å². The number of nitrogens with zero attached hydrogens (tertiary/aromatic N) is 5. The normalized spacial score (nSPS) is 15.5. The van der Waals surface area contributed by atoms with Crippen LogP contribution in [0.1, 0.15) is 41.2 Å². The van der Waals surface area contributed by atoms with Gasteiger partial charge in [-0.2, -0.15) is 26.3 Å². The molecule has 1 atom stereocenters. The van der Waals surface area contributed by atoms with Crippen LogP contribution in [-0.2, 0) is 0 Å². The zero-order valence-corrected chi connectivity index (χ0v) is 20.9. The average Bonchev–Trinajstić information content (AvgIpc) is 3.46. The molecule has 39 heavy (non-hydrogen) atoms. The van der Waals surface area contributed by atoms with Gasteiger partial charge in [0, 0.05) is 11.1 Å². The van der Waals surface area contributed by atoms with Gasteiger partial charge >= 0.3 is 0 Å². The van der Waals surface area contributed by atoms with Gasteiger partial charge in [0.05, 0.1) is 11.6 Å². The van der Waals surface area contributed by atoms with Crippen LogP contribution in [0.2, 0.25) is 0 Å². The Morgan fingerprint density at radius 1 is 0.641 bits per heavy atom. The summed E-state index contributed by atoms with van der Waals surface area (Å²) in [6, 6.07) is 27.7. The van der Waals surface area contributed by atoms with Crippen LogP contribution in [0.4, 0.5) is 0 Å². The van der Waals surface area contributed by atoms with Gasteiger partial charge in [-0.05, 0) is 98.3 Å². The molecule has 6 rings (SSSR count). The predicted molar refractivity (Wildman–Crippen MR) is 147 cm³/mol. The number of hydrogen-bond donors (Lipinski definition) is 0. The van der Waals surface area contributed by atoms with Crippen molar-refractivity contribution < 1.29 is 0 Å². The van der Waals surface area contributed by atoms with Crippen molar-refractivity contribution in [3.8, 4) is 52.6 Å². The Balaban J connectivity index is 1.64. The Morgan fingerprint density at radius 2 is 1.23 bits per heavy atom. The van der Waals surface area contributed by atoms with E-state index in [-0.39, 0.29) is 17.1 Å². The predicted octanol–water partition coefficient (Wildman–Crippen LogP) is 7.22. The Morgan fingerprint density at radius 3 is 1.90 bits per heavy atom. The number of hydrogen-bond acceptors (Lipinski definition) is 5. The van der Waals surface area contributed by atoms with Crippen LogP contribution in [0.5, 0.6) is 0 Å². The first-order valence-electron chi connectivity index (χ1n) is 12.4. The van der Waals surface area contributed by atoms with Gasteiger partial charge in [-0.3, -0.25) is 0 Å². The summed E-state index contributed by atoms with van der Waals surface area (Å²) in [6.07, 6.45) is 4.97. The van der Waals surface area contributed by atoms with E-state index in [0.29, 0.717) is 16.7 Å². The maximum absolute atomic E-state index is 9.91. The standard InChI is InChI=1S/C34H17N5/c1-19-3-2-4-26-28-13-30-27(12-31(28)34(32(19)26)24(17-38)18-39)25-10-9-22(21-7-5-20(14-35)6-8-21)11-29(25)33(30)23(15-36)16-37/h2,4-13,19H,3H2,1H3. The largest absolute Gasteiger partial charge is 0.192 e. The van der Waals surface area contributed by atoms with E-state index in [0.717, 1.165) is 62.1 Å². The highest BCUT2D eigenvalue weighted by Crippen LogP contribution is 2.54. The lowest BCUT2D eigenvalue weighted by Gasteiger charge is -2.18. The molecule has 0 spiro atoms. The van der Waals surface area contributed by atoms with E-state index in [1.807, 2.05) is 48.5 Å². The molecule has 5 heteroatoms. The fourth-order valence-electron chi connectivity index (χ4n) is 5.94. The summed E-state index contributed by atoms with van der Waals surface area (Å²) >= 11 is 0. The van der Waals surface area contributed by atoms with Gasteiger partial charge in [0.15, 0.2) is 0 Å². The van der Waals surface area contributed by atoms with E-state index < -0.39 is 0 Å². The highest BCUT2D eigenvalue weighted by atomic mass is 14.4. The molecule has 3 aliphatic carbocycles. The lowest BCUT2D eigenvalue weighted by molar-refractivity contribution is 0.714. The quantitative estimate of drug-likeness (QED) is 0.258. The molecular formula is C34H17N5. The van der Waals surface area contributed by atoms with E-state index in [1.54, 1.807) is 12.1 Å². The van der Waals surface area contributed by atoms with E-state index in [1.165, 1.54) is 0 Å². The molecule has 0 N–H and O–H groups in total. The Bertz CT molecular complexity index is 1950. The lowest BCUT2D eigenvalue weighted by atomic mass is 9.85. The monoisotopic (exact) mass is 495 g/mol. The van der Waals surface area contributed by atoms with Crippen molar-refractivity contribution in [1.29, 1.82) is 26.3 Å². The third-order valence-corrected chi connectivity index (χ3v) is 7.69. The van der Waals surface area contributed by atoms with Gasteiger partial charge in [0.25, 0.3) is 0 Å². The Hall–Kier alpha value is -5.93. The molecule has 1 unspecified atom stereocenters. The molecule has 5 nitrogen and oxygen atoms in total. The maximum Gasteiger partial charge on any atom is 0.138 e. The average molecular weight is 496 g/mol. The van der Waals surface area contributed by atoms with Crippen LogP contribution in [-0.4, -0.2) is 0 Å². The molecule has 0 saturated carbocycles. The summed E-state index contributed by atoms with van der Waals surface area (Å²) in [4.78, 5) is 0. The Kier molecular flexibility index (Phi) is 5.34. The third kappa shape index (κ3) is 3.35. The third-order valence-electron chi connectivity index (χ3n) is 7.69. The molecule has 0 heterocycles. The van der Waals surface area contributed by atoms with Gasteiger partial charge in [-0.1, -0.05) is 43.3 Å². The molecule has 3 aliphatic rings. The number of allylic oxidation sites excluding steroid dienone is 7. The first kappa shape index (κ1) is 23.5. The summed E-state index contributed by atoms with van der Waals surface area (Å²) in [6.45, 7) is 2.10. The summed E-state index contributed by atoms with van der Waals surface area (Å²) in [5, 5.41) is 48.6. The maximum atomic E-state index is 9.91. The van der Waals surface area contributed by atoms with E-state index in [9.17, 15) is 21.0 Å². The molecule has 0 fully saturated rings. The number of rotatable bonds is 1. The molecule has 0 bridgehead atoms. The summed E-state index contributed by atoms with van der Waals surface area (Å²) in [5.74, 6) is 0.144. The van der Waals surface area contributed by atoms with Gasteiger partial charge in [-0.15, -0.1) is 0 Å². The van der Waals surface area contributed by atoms with E-state index in [4.69, 9.17) is 5.26 Å². The van der Waals surface area contributed by atoms with Crippen LogP contribution >= 0.6 is 0 Å². The molecule has 3 aromatic rings. The molecular weight excluding hydrogens is 478 g/mol. The van der Waals surface area contributed by atoms with Crippen molar-refractivity contribution >= 4 is 16.7 Å². The molecule has 3 aromatic carbocycles. The molecule has 0 aliphatic heterocycles. The number of nitriles is 5. The molecule has 0 saturated heterocycles. The van der Waals surface area contributed by atoms with E-state index >= 15 is 0 Å². The minimum absolute atomic E-state index is 0.0252. The molecule has 0 amide bonds. The SMILES string of the molecule is CC1CC=CC2=C1C(=C(C#N)C#N)c1cc3c(cc12)C(=C(C#N)C#N)c1cc(-c2ccc(C#N)cc2)ccc1-3. The van der Waals surface area contributed by atoms with Crippen molar-refractivity contribution in [2.45, 2.75) is 13.3 Å². The van der Waals surface area contributed by atoms with Crippen LogP contribution < -0.4 is 0 Å². The first-order valence-corrected chi connectivity index (χ1v) is 12.4. The minimum Gasteiger partial charge on any atom is -0.192 e.